The molecule has 0 radical (unpaired) electrons. The van der Waals surface area contributed by atoms with Crippen LogP contribution < -0.4 is 5.73 Å². The molecule has 2 bridgehead atoms. The molecule has 1 unspecified atom stereocenters. The monoisotopic (exact) mass is 325 g/mol. The van der Waals surface area contributed by atoms with Crippen molar-refractivity contribution in [3.8, 4) is 0 Å². The fourth-order valence-corrected chi connectivity index (χ4v) is 4.52. The van der Waals surface area contributed by atoms with Crippen LogP contribution in [0.15, 0.2) is 30.4 Å². The van der Waals surface area contributed by atoms with Crippen molar-refractivity contribution in [3.05, 3.63) is 41.5 Å². The van der Waals surface area contributed by atoms with E-state index in [1.165, 1.54) is 32.5 Å². The highest BCUT2D eigenvalue weighted by Crippen LogP contribution is 2.27. The maximum atomic E-state index is 12.7. The minimum absolute atomic E-state index is 0.244. The van der Waals surface area contributed by atoms with Crippen LogP contribution in [0.25, 0.3) is 0 Å². The molecular formula is C20H27N3O. The zero-order valence-corrected chi connectivity index (χ0v) is 14.3. The Balaban J connectivity index is 1.56. The molecule has 128 valence electrons. The van der Waals surface area contributed by atoms with Gasteiger partial charge in [0.25, 0.3) is 0 Å². The number of hydrogen-bond donors (Lipinski definition) is 1. The van der Waals surface area contributed by atoms with Gasteiger partial charge in [0, 0.05) is 42.8 Å². The van der Waals surface area contributed by atoms with Gasteiger partial charge < -0.3 is 10.6 Å². The number of rotatable bonds is 1. The number of piperidine rings is 1. The molecule has 0 spiro atoms. The van der Waals surface area contributed by atoms with E-state index in [0.29, 0.717) is 24.2 Å². The molecule has 0 amide bonds. The summed E-state index contributed by atoms with van der Waals surface area (Å²) >= 11 is 0. The summed E-state index contributed by atoms with van der Waals surface area (Å²) < 4.78 is 0. The lowest BCUT2D eigenvalue weighted by Gasteiger charge is -2.36. The number of ketones is 1. The van der Waals surface area contributed by atoms with Crippen LogP contribution in [0.3, 0.4) is 0 Å². The molecule has 3 saturated heterocycles. The molecule has 3 heterocycles. The second-order valence-corrected chi connectivity index (χ2v) is 7.39. The van der Waals surface area contributed by atoms with E-state index in [2.05, 4.69) is 22.0 Å². The van der Waals surface area contributed by atoms with E-state index in [9.17, 15) is 4.79 Å². The Labute approximate surface area is 144 Å². The van der Waals surface area contributed by atoms with Crippen LogP contribution in [0.1, 0.15) is 41.6 Å². The Kier molecular flexibility index (Phi) is 4.42. The Morgan fingerprint density at radius 1 is 1.04 bits per heavy atom. The molecule has 24 heavy (non-hydrogen) atoms. The van der Waals surface area contributed by atoms with Crippen molar-refractivity contribution in [2.24, 2.45) is 0 Å². The Bertz CT molecular complexity index is 646. The topological polar surface area (TPSA) is 49.6 Å². The summed E-state index contributed by atoms with van der Waals surface area (Å²) in [5, 5.41) is 0. The number of anilines is 1. The normalized spacial score (nSPS) is 32.3. The molecule has 1 aromatic rings. The van der Waals surface area contributed by atoms with Crippen LogP contribution >= 0.6 is 0 Å². The first-order chi connectivity index (χ1) is 11.7. The van der Waals surface area contributed by atoms with Gasteiger partial charge in [-0.15, -0.1) is 0 Å². The summed E-state index contributed by atoms with van der Waals surface area (Å²) in [6.07, 6.45) is 9.51. The van der Waals surface area contributed by atoms with Gasteiger partial charge in [-0.1, -0.05) is 18.2 Å². The molecule has 4 nitrogen and oxygen atoms in total. The molecule has 5 rings (SSSR count). The minimum atomic E-state index is 0.244. The first-order valence-electron chi connectivity index (χ1n) is 9.27. The summed E-state index contributed by atoms with van der Waals surface area (Å²) in [5.41, 5.74) is 8.50. The van der Waals surface area contributed by atoms with Crippen LogP contribution in [-0.2, 0) is 6.42 Å². The van der Waals surface area contributed by atoms with Gasteiger partial charge in [-0.05, 0) is 56.5 Å². The Morgan fingerprint density at radius 2 is 1.88 bits per heavy atom. The SMILES string of the molecule is Nc1ccc2c(c1)C(=O)CCC(N1CCN3CCC1CC3)/C=C\C2. The van der Waals surface area contributed by atoms with Crippen LogP contribution in [0.5, 0.6) is 0 Å². The maximum Gasteiger partial charge on any atom is 0.163 e. The van der Waals surface area contributed by atoms with Crippen molar-refractivity contribution in [2.45, 2.75) is 44.2 Å². The maximum absolute atomic E-state index is 12.7. The van der Waals surface area contributed by atoms with E-state index in [4.69, 9.17) is 5.73 Å². The zero-order chi connectivity index (χ0) is 16.5. The van der Waals surface area contributed by atoms with Gasteiger partial charge in [-0.25, -0.2) is 0 Å². The minimum Gasteiger partial charge on any atom is -0.399 e. The summed E-state index contributed by atoms with van der Waals surface area (Å²) in [5.74, 6) is 0.244. The molecule has 3 aliphatic heterocycles. The number of carbonyl (C=O) groups is 1. The number of hydrogen-bond acceptors (Lipinski definition) is 4. The van der Waals surface area contributed by atoms with Crippen molar-refractivity contribution in [1.29, 1.82) is 0 Å². The van der Waals surface area contributed by atoms with Gasteiger partial charge in [-0.2, -0.15) is 0 Å². The van der Waals surface area contributed by atoms with E-state index in [0.717, 1.165) is 30.5 Å². The third kappa shape index (κ3) is 3.13. The number of nitrogens with two attached hydrogens (primary N) is 1. The van der Waals surface area contributed by atoms with Crippen molar-refractivity contribution < 1.29 is 4.79 Å². The van der Waals surface area contributed by atoms with Gasteiger partial charge >= 0.3 is 0 Å². The molecule has 4 heteroatoms. The number of nitrogens with zero attached hydrogens (tertiary/aromatic N) is 2. The van der Waals surface area contributed by atoms with Crippen LogP contribution in [-0.4, -0.2) is 53.8 Å². The number of allylic oxidation sites excluding steroid dienone is 1. The second-order valence-electron chi connectivity index (χ2n) is 7.39. The molecule has 0 aromatic heterocycles. The average molecular weight is 325 g/mol. The smallest absolute Gasteiger partial charge is 0.163 e. The number of Topliss-reactive ketones (excluding diaryl/α,β-unsaturated/α-hetero) is 1. The third-order valence-corrected chi connectivity index (χ3v) is 5.92. The lowest BCUT2D eigenvalue weighted by atomic mass is 9.97. The molecular weight excluding hydrogens is 298 g/mol. The van der Waals surface area contributed by atoms with Gasteiger partial charge in [0.05, 0.1) is 0 Å². The fourth-order valence-electron chi connectivity index (χ4n) is 4.52. The lowest BCUT2D eigenvalue weighted by molar-refractivity contribution is 0.0954. The number of benzene rings is 1. The van der Waals surface area contributed by atoms with E-state index >= 15 is 0 Å². The van der Waals surface area contributed by atoms with Crippen molar-refractivity contribution in [3.63, 3.8) is 0 Å². The molecule has 1 aromatic carbocycles. The summed E-state index contributed by atoms with van der Waals surface area (Å²) in [6, 6.07) is 6.84. The highest BCUT2D eigenvalue weighted by molar-refractivity contribution is 5.98. The molecule has 1 aliphatic carbocycles. The highest BCUT2D eigenvalue weighted by Gasteiger charge is 2.32. The first-order valence-corrected chi connectivity index (χ1v) is 9.27. The summed E-state index contributed by atoms with van der Waals surface area (Å²) in [6.45, 7) is 4.78. The molecule has 2 N–H and O–H groups in total. The van der Waals surface area contributed by atoms with E-state index in [-0.39, 0.29) is 5.78 Å². The Hall–Kier alpha value is -1.65. The predicted octanol–water partition coefficient (Wildman–Crippen LogP) is 2.49. The number of nitrogen functional groups attached to an aromatic ring is 1. The largest absolute Gasteiger partial charge is 0.399 e. The fraction of sp³-hybridized carbons (Fsp3) is 0.550. The van der Waals surface area contributed by atoms with E-state index in [1.807, 2.05) is 18.2 Å². The summed E-state index contributed by atoms with van der Waals surface area (Å²) in [4.78, 5) is 18.0. The molecule has 3 fully saturated rings. The quantitative estimate of drug-likeness (QED) is 0.637. The molecule has 0 saturated carbocycles. The predicted molar refractivity (Wildman–Crippen MR) is 97.2 cm³/mol. The van der Waals surface area contributed by atoms with Crippen molar-refractivity contribution >= 4 is 11.5 Å². The number of fused-ring (bicyclic) bond motifs is 5. The first kappa shape index (κ1) is 15.9. The van der Waals surface area contributed by atoms with Crippen LogP contribution in [0.2, 0.25) is 0 Å². The highest BCUT2D eigenvalue weighted by atomic mass is 16.1. The zero-order valence-electron chi connectivity index (χ0n) is 14.3. The van der Waals surface area contributed by atoms with Crippen molar-refractivity contribution in [1.82, 2.24) is 9.80 Å². The van der Waals surface area contributed by atoms with E-state index in [1.54, 1.807) is 0 Å². The lowest BCUT2D eigenvalue weighted by Crippen LogP contribution is -2.43. The van der Waals surface area contributed by atoms with E-state index < -0.39 is 0 Å². The van der Waals surface area contributed by atoms with Crippen LogP contribution in [0.4, 0.5) is 5.69 Å². The second kappa shape index (κ2) is 6.69. The molecule has 1 atom stereocenters. The van der Waals surface area contributed by atoms with Gasteiger partial charge in [0.2, 0.25) is 0 Å². The van der Waals surface area contributed by atoms with Gasteiger partial charge in [0.1, 0.15) is 0 Å². The third-order valence-electron chi connectivity index (χ3n) is 5.92. The number of carbonyl (C=O) groups excluding carboxylic acids is 1. The van der Waals surface area contributed by atoms with Crippen LogP contribution in [0, 0.1) is 0 Å². The molecule has 4 aliphatic rings. The van der Waals surface area contributed by atoms with Gasteiger partial charge in [0.15, 0.2) is 5.78 Å². The van der Waals surface area contributed by atoms with Crippen molar-refractivity contribution in [2.75, 3.05) is 31.9 Å². The average Bonchev–Trinajstić information content (AvgIpc) is 2.89. The standard InChI is InChI=1S/C20H27N3O/c21-16-5-4-15-2-1-3-17(6-7-20(24)19(15)14-16)23-13-12-22-10-8-18(23)9-11-22/h1,3-5,14,17-18H,2,6-13,21H2/b3-1-. The summed E-state index contributed by atoms with van der Waals surface area (Å²) in [7, 11) is 0. The van der Waals surface area contributed by atoms with Gasteiger partial charge in [-0.3, -0.25) is 9.69 Å². The Morgan fingerprint density at radius 3 is 2.71 bits per heavy atom.